The minimum atomic E-state index is 0.158. The van der Waals surface area contributed by atoms with Gasteiger partial charge in [-0.05, 0) is 32.4 Å². The second-order valence-electron chi connectivity index (χ2n) is 4.87. The number of anilines is 1. The van der Waals surface area contributed by atoms with Gasteiger partial charge in [0.05, 0.1) is 12.4 Å². The van der Waals surface area contributed by atoms with Crippen molar-refractivity contribution in [3.63, 3.8) is 0 Å². The van der Waals surface area contributed by atoms with Crippen LogP contribution in [0.4, 0.5) is 5.82 Å². The molecule has 0 atom stereocenters. The standard InChI is InChI=1S/C15H21N3O/c1-4-8-18-10-17-14(15(18)16)12-6-5-7-13(9-12)19-11(2)3/h5-7,9-11H,4,8,16H2,1-3H3. The van der Waals surface area contributed by atoms with Crippen LogP contribution in [0.2, 0.25) is 0 Å². The molecule has 1 aromatic heterocycles. The van der Waals surface area contributed by atoms with Crippen LogP contribution in [-0.2, 0) is 6.54 Å². The van der Waals surface area contributed by atoms with E-state index in [0.717, 1.165) is 30.0 Å². The number of imidazole rings is 1. The molecule has 19 heavy (non-hydrogen) atoms. The van der Waals surface area contributed by atoms with E-state index in [1.54, 1.807) is 6.33 Å². The van der Waals surface area contributed by atoms with E-state index in [0.29, 0.717) is 5.82 Å². The lowest BCUT2D eigenvalue weighted by Crippen LogP contribution is -2.05. The summed E-state index contributed by atoms with van der Waals surface area (Å²) >= 11 is 0. The zero-order chi connectivity index (χ0) is 13.8. The maximum absolute atomic E-state index is 6.13. The first-order chi connectivity index (χ1) is 9.11. The Hall–Kier alpha value is -1.97. The van der Waals surface area contributed by atoms with E-state index in [1.807, 2.05) is 42.7 Å². The molecule has 102 valence electrons. The average molecular weight is 259 g/mol. The number of hydrogen-bond donors (Lipinski definition) is 1. The van der Waals surface area contributed by atoms with Gasteiger partial charge in [0.15, 0.2) is 0 Å². The Morgan fingerprint density at radius 2 is 2.16 bits per heavy atom. The maximum Gasteiger partial charge on any atom is 0.131 e. The van der Waals surface area contributed by atoms with Crippen molar-refractivity contribution >= 4 is 5.82 Å². The first-order valence-corrected chi connectivity index (χ1v) is 6.69. The lowest BCUT2D eigenvalue weighted by atomic mass is 10.1. The van der Waals surface area contributed by atoms with Crippen molar-refractivity contribution in [3.8, 4) is 17.0 Å². The molecule has 0 aliphatic heterocycles. The van der Waals surface area contributed by atoms with Crippen LogP contribution in [-0.4, -0.2) is 15.7 Å². The number of benzene rings is 1. The van der Waals surface area contributed by atoms with Gasteiger partial charge >= 0.3 is 0 Å². The molecule has 0 fully saturated rings. The highest BCUT2D eigenvalue weighted by molar-refractivity contribution is 5.71. The van der Waals surface area contributed by atoms with Crippen LogP contribution in [0.25, 0.3) is 11.3 Å². The Balaban J connectivity index is 2.31. The van der Waals surface area contributed by atoms with Gasteiger partial charge in [0, 0.05) is 12.1 Å². The molecule has 0 unspecified atom stereocenters. The SMILES string of the molecule is CCCn1cnc(-c2cccc(OC(C)C)c2)c1N. The Bertz CT molecular complexity index is 546. The van der Waals surface area contributed by atoms with Gasteiger partial charge in [-0.15, -0.1) is 0 Å². The Morgan fingerprint density at radius 3 is 2.84 bits per heavy atom. The summed E-state index contributed by atoms with van der Waals surface area (Å²) in [5, 5.41) is 0. The second-order valence-corrected chi connectivity index (χ2v) is 4.87. The summed E-state index contributed by atoms with van der Waals surface area (Å²) in [7, 11) is 0. The van der Waals surface area contributed by atoms with Gasteiger partial charge in [0.1, 0.15) is 17.3 Å². The van der Waals surface area contributed by atoms with Crippen molar-refractivity contribution in [2.45, 2.75) is 39.8 Å². The van der Waals surface area contributed by atoms with Gasteiger partial charge in [-0.25, -0.2) is 4.98 Å². The molecule has 0 aliphatic rings. The number of hydrogen-bond acceptors (Lipinski definition) is 3. The largest absolute Gasteiger partial charge is 0.491 e. The van der Waals surface area contributed by atoms with Gasteiger partial charge in [0.25, 0.3) is 0 Å². The van der Waals surface area contributed by atoms with Crippen molar-refractivity contribution in [1.29, 1.82) is 0 Å². The van der Waals surface area contributed by atoms with Crippen LogP contribution in [0.5, 0.6) is 5.75 Å². The third kappa shape index (κ3) is 3.08. The molecule has 2 aromatic rings. The molecule has 0 saturated carbocycles. The summed E-state index contributed by atoms with van der Waals surface area (Å²) in [5.41, 5.74) is 7.95. The smallest absolute Gasteiger partial charge is 0.131 e. The summed E-state index contributed by atoms with van der Waals surface area (Å²) in [6, 6.07) is 7.89. The molecule has 1 aromatic carbocycles. The number of nitrogens with two attached hydrogens (primary N) is 1. The number of rotatable bonds is 5. The van der Waals surface area contributed by atoms with E-state index in [2.05, 4.69) is 11.9 Å². The quantitative estimate of drug-likeness (QED) is 0.896. The normalized spacial score (nSPS) is 10.9. The predicted octanol–water partition coefficient (Wildman–Crippen LogP) is 3.33. The van der Waals surface area contributed by atoms with Crippen molar-refractivity contribution in [3.05, 3.63) is 30.6 Å². The summed E-state index contributed by atoms with van der Waals surface area (Å²) in [4.78, 5) is 4.41. The minimum Gasteiger partial charge on any atom is -0.491 e. The summed E-state index contributed by atoms with van der Waals surface area (Å²) in [6.07, 6.45) is 2.99. The summed E-state index contributed by atoms with van der Waals surface area (Å²) in [6.45, 7) is 7.03. The van der Waals surface area contributed by atoms with E-state index in [9.17, 15) is 0 Å². The molecule has 1 heterocycles. The first-order valence-electron chi connectivity index (χ1n) is 6.69. The number of ether oxygens (including phenoxy) is 1. The maximum atomic E-state index is 6.13. The third-order valence-electron chi connectivity index (χ3n) is 2.82. The zero-order valence-electron chi connectivity index (χ0n) is 11.8. The highest BCUT2D eigenvalue weighted by atomic mass is 16.5. The molecule has 0 radical (unpaired) electrons. The second kappa shape index (κ2) is 5.78. The van der Waals surface area contributed by atoms with Crippen LogP contribution in [0.15, 0.2) is 30.6 Å². The van der Waals surface area contributed by atoms with Crippen molar-refractivity contribution < 1.29 is 4.74 Å². The van der Waals surface area contributed by atoms with Crippen LogP contribution < -0.4 is 10.5 Å². The lowest BCUT2D eigenvalue weighted by Gasteiger charge is -2.10. The number of nitrogens with zero attached hydrogens (tertiary/aromatic N) is 2. The summed E-state index contributed by atoms with van der Waals surface area (Å²) < 4.78 is 7.67. The van der Waals surface area contributed by atoms with Gasteiger partial charge in [0.2, 0.25) is 0 Å². The lowest BCUT2D eigenvalue weighted by molar-refractivity contribution is 0.242. The van der Waals surface area contributed by atoms with E-state index in [4.69, 9.17) is 10.5 Å². The van der Waals surface area contributed by atoms with Crippen molar-refractivity contribution in [2.75, 3.05) is 5.73 Å². The fourth-order valence-electron chi connectivity index (χ4n) is 2.02. The molecule has 0 bridgehead atoms. The Labute approximate surface area is 114 Å². The van der Waals surface area contributed by atoms with Gasteiger partial charge < -0.3 is 15.0 Å². The zero-order valence-corrected chi connectivity index (χ0v) is 11.8. The molecule has 0 aliphatic carbocycles. The molecule has 2 N–H and O–H groups in total. The highest BCUT2D eigenvalue weighted by Gasteiger charge is 2.10. The molecule has 0 saturated heterocycles. The van der Waals surface area contributed by atoms with Crippen molar-refractivity contribution in [2.24, 2.45) is 0 Å². The molecule has 2 rings (SSSR count). The fourth-order valence-corrected chi connectivity index (χ4v) is 2.02. The predicted molar refractivity (Wildman–Crippen MR) is 78.1 cm³/mol. The van der Waals surface area contributed by atoms with E-state index in [1.165, 1.54) is 0 Å². The molecular weight excluding hydrogens is 238 g/mol. The van der Waals surface area contributed by atoms with Gasteiger partial charge in [-0.1, -0.05) is 19.1 Å². The van der Waals surface area contributed by atoms with Crippen LogP contribution in [0, 0.1) is 0 Å². The Morgan fingerprint density at radius 1 is 1.37 bits per heavy atom. The van der Waals surface area contributed by atoms with E-state index < -0.39 is 0 Å². The number of nitrogen functional groups attached to an aromatic ring is 1. The highest BCUT2D eigenvalue weighted by Crippen LogP contribution is 2.27. The Kier molecular flexibility index (Phi) is 4.10. The molecule has 0 spiro atoms. The third-order valence-corrected chi connectivity index (χ3v) is 2.82. The number of aromatic nitrogens is 2. The number of aryl methyl sites for hydroxylation is 1. The van der Waals surface area contributed by atoms with Gasteiger partial charge in [-0.3, -0.25) is 0 Å². The van der Waals surface area contributed by atoms with Gasteiger partial charge in [-0.2, -0.15) is 0 Å². The minimum absolute atomic E-state index is 0.158. The van der Waals surface area contributed by atoms with Crippen LogP contribution in [0.1, 0.15) is 27.2 Å². The summed E-state index contributed by atoms with van der Waals surface area (Å²) in [5.74, 6) is 1.56. The average Bonchev–Trinajstić information content (AvgIpc) is 2.71. The molecular formula is C15H21N3O. The van der Waals surface area contributed by atoms with Crippen LogP contribution in [0.3, 0.4) is 0 Å². The molecule has 4 heteroatoms. The van der Waals surface area contributed by atoms with E-state index >= 15 is 0 Å². The van der Waals surface area contributed by atoms with Crippen LogP contribution >= 0.6 is 0 Å². The van der Waals surface area contributed by atoms with E-state index in [-0.39, 0.29) is 6.10 Å². The monoisotopic (exact) mass is 259 g/mol. The fraction of sp³-hybridized carbons (Fsp3) is 0.400. The van der Waals surface area contributed by atoms with Crippen molar-refractivity contribution in [1.82, 2.24) is 9.55 Å². The first kappa shape index (κ1) is 13.5. The topological polar surface area (TPSA) is 53.1 Å². The molecule has 4 nitrogen and oxygen atoms in total. The molecule has 0 amide bonds.